The van der Waals surface area contributed by atoms with Gasteiger partial charge in [-0.25, -0.2) is 4.39 Å². The smallest absolute Gasteiger partial charge is 0.266 e. The first kappa shape index (κ1) is 12.2. The molecule has 0 radical (unpaired) electrons. The Kier molecular flexibility index (Phi) is 2.65. The van der Waals surface area contributed by atoms with Crippen LogP contribution in [-0.2, 0) is 0 Å². The summed E-state index contributed by atoms with van der Waals surface area (Å²) in [7, 11) is 0. The standard InChI is InChI=1S/C15H9FN2O2/c1-8-6-10(11(7-17)15(19)18-8)14-9-4-5-20-13(9)3-2-12(14)16/h2-6H,1H3,(H,18,19). The lowest BCUT2D eigenvalue weighted by atomic mass is 9.97. The zero-order valence-corrected chi connectivity index (χ0v) is 10.5. The molecule has 1 aromatic carbocycles. The van der Waals surface area contributed by atoms with Crippen molar-refractivity contribution in [1.29, 1.82) is 5.26 Å². The first-order valence-corrected chi connectivity index (χ1v) is 5.92. The molecule has 20 heavy (non-hydrogen) atoms. The minimum absolute atomic E-state index is 0.108. The quantitative estimate of drug-likeness (QED) is 0.737. The van der Waals surface area contributed by atoms with Gasteiger partial charge in [-0.3, -0.25) is 4.79 Å². The summed E-state index contributed by atoms with van der Waals surface area (Å²) in [6, 6.07) is 7.81. The molecule has 1 N–H and O–H groups in total. The van der Waals surface area contributed by atoms with Gasteiger partial charge in [0.1, 0.15) is 23.0 Å². The fourth-order valence-electron chi connectivity index (χ4n) is 2.29. The van der Waals surface area contributed by atoms with Gasteiger partial charge in [0.2, 0.25) is 0 Å². The molecule has 98 valence electrons. The molecular formula is C15H9FN2O2. The first-order valence-electron chi connectivity index (χ1n) is 5.92. The van der Waals surface area contributed by atoms with Gasteiger partial charge in [0.15, 0.2) is 0 Å². The van der Waals surface area contributed by atoms with Crippen LogP contribution in [0.25, 0.3) is 22.1 Å². The highest BCUT2D eigenvalue weighted by Crippen LogP contribution is 2.33. The topological polar surface area (TPSA) is 69.8 Å². The minimum atomic E-state index is -0.526. The van der Waals surface area contributed by atoms with Crippen molar-refractivity contribution in [3.8, 4) is 17.2 Å². The fourth-order valence-corrected chi connectivity index (χ4v) is 2.29. The van der Waals surface area contributed by atoms with Gasteiger partial charge in [0, 0.05) is 22.2 Å². The Morgan fingerprint density at radius 2 is 2.15 bits per heavy atom. The van der Waals surface area contributed by atoms with Crippen molar-refractivity contribution in [3.63, 3.8) is 0 Å². The van der Waals surface area contributed by atoms with Crippen LogP contribution in [0.3, 0.4) is 0 Å². The lowest BCUT2D eigenvalue weighted by Gasteiger charge is -2.07. The molecule has 0 unspecified atom stereocenters. The number of nitriles is 1. The third kappa shape index (κ3) is 1.70. The molecule has 0 spiro atoms. The Morgan fingerprint density at radius 1 is 1.35 bits per heavy atom. The molecule has 0 aliphatic heterocycles. The maximum absolute atomic E-state index is 14.2. The summed E-state index contributed by atoms with van der Waals surface area (Å²) >= 11 is 0. The van der Waals surface area contributed by atoms with Crippen LogP contribution in [-0.4, -0.2) is 4.98 Å². The van der Waals surface area contributed by atoms with Crippen LogP contribution >= 0.6 is 0 Å². The molecule has 2 aromatic heterocycles. The number of hydrogen-bond donors (Lipinski definition) is 1. The average molecular weight is 268 g/mol. The van der Waals surface area contributed by atoms with E-state index in [1.165, 1.54) is 18.4 Å². The van der Waals surface area contributed by atoms with Gasteiger partial charge in [-0.15, -0.1) is 0 Å². The van der Waals surface area contributed by atoms with Crippen molar-refractivity contribution in [1.82, 2.24) is 4.98 Å². The Bertz CT molecular complexity index is 916. The van der Waals surface area contributed by atoms with Gasteiger partial charge in [-0.1, -0.05) is 0 Å². The average Bonchev–Trinajstić information content (AvgIpc) is 2.86. The van der Waals surface area contributed by atoms with E-state index in [2.05, 4.69) is 4.98 Å². The molecule has 3 rings (SSSR count). The summed E-state index contributed by atoms with van der Waals surface area (Å²) in [5.74, 6) is -0.500. The van der Waals surface area contributed by atoms with Crippen LogP contribution in [0.1, 0.15) is 11.3 Å². The van der Waals surface area contributed by atoms with Crippen molar-refractivity contribution < 1.29 is 8.81 Å². The molecule has 0 amide bonds. The molecule has 0 saturated heterocycles. The molecule has 0 aliphatic carbocycles. The van der Waals surface area contributed by atoms with E-state index in [1.54, 1.807) is 19.1 Å². The SMILES string of the molecule is Cc1cc(-c2c(F)ccc3occc23)c(C#N)c(=O)[nH]1. The summed E-state index contributed by atoms with van der Waals surface area (Å²) in [5, 5.41) is 9.68. The number of H-pyrrole nitrogens is 1. The molecule has 0 aliphatic rings. The van der Waals surface area contributed by atoms with Crippen LogP contribution < -0.4 is 5.56 Å². The summed E-state index contributed by atoms with van der Waals surface area (Å²) < 4.78 is 19.4. The highest BCUT2D eigenvalue weighted by Gasteiger charge is 2.17. The fraction of sp³-hybridized carbons (Fsp3) is 0.0667. The second kappa shape index (κ2) is 4.35. The van der Waals surface area contributed by atoms with Crippen molar-refractivity contribution in [2.75, 3.05) is 0 Å². The molecule has 0 bridgehead atoms. The number of pyridine rings is 1. The monoisotopic (exact) mass is 268 g/mol. The van der Waals surface area contributed by atoms with E-state index in [4.69, 9.17) is 9.68 Å². The lowest BCUT2D eigenvalue weighted by Crippen LogP contribution is -2.13. The Hall–Kier alpha value is -2.87. The predicted octanol–water partition coefficient (Wildman–Crippen LogP) is 3.11. The number of furan rings is 1. The van der Waals surface area contributed by atoms with Crippen LogP contribution in [0.4, 0.5) is 4.39 Å². The first-order chi connectivity index (χ1) is 9.61. The largest absolute Gasteiger partial charge is 0.464 e. The van der Waals surface area contributed by atoms with Crippen LogP contribution in [0.15, 0.2) is 39.7 Å². The molecule has 3 aromatic rings. The van der Waals surface area contributed by atoms with E-state index in [0.717, 1.165) is 0 Å². The number of benzene rings is 1. The van der Waals surface area contributed by atoms with E-state index < -0.39 is 11.4 Å². The maximum atomic E-state index is 14.2. The second-order valence-electron chi connectivity index (χ2n) is 4.44. The third-order valence-electron chi connectivity index (χ3n) is 3.13. The van der Waals surface area contributed by atoms with Crippen molar-refractivity contribution in [2.24, 2.45) is 0 Å². The second-order valence-corrected chi connectivity index (χ2v) is 4.44. The van der Waals surface area contributed by atoms with E-state index >= 15 is 0 Å². The normalized spacial score (nSPS) is 10.7. The van der Waals surface area contributed by atoms with Gasteiger partial charge in [0.05, 0.1) is 6.26 Å². The Labute approximate surface area is 113 Å². The highest BCUT2D eigenvalue weighted by atomic mass is 19.1. The van der Waals surface area contributed by atoms with Gasteiger partial charge in [-0.2, -0.15) is 5.26 Å². The molecule has 0 saturated carbocycles. The summed E-state index contributed by atoms with van der Waals surface area (Å²) in [5.41, 5.74) is 0.915. The van der Waals surface area contributed by atoms with Crippen LogP contribution in [0, 0.1) is 24.1 Å². The maximum Gasteiger partial charge on any atom is 0.266 e. The number of aromatic amines is 1. The van der Waals surface area contributed by atoms with Crippen molar-refractivity contribution in [2.45, 2.75) is 6.92 Å². The van der Waals surface area contributed by atoms with Gasteiger partial charge in [-0.05, 0) is 31.2 Å². The minimum Gasteiger partial charge on any atom is -0.464 e. The van der Waals surface area contributed by atoms with E-state index in [1.807, 2.05) is 6.07 Å². The number of rotatable bonds is 1. The Balaban J connectivity index is 2.49. The zero-order valence-electron chi connectivity index (χ0n) is 10.5. The Morgan fingerprint density at radius 3 is 2.90 bits per heavy atom. The number of hydrogen-bond acceptors (Lipinski definition) is 3. The predicted molar refractivity (Wildman–Crippen MR) is 71.7 cm³/mol. The van der Waals surface area contributed by atoms with Gasteiger partial charge in [0.25, 0.3) is 5.56 Å². The van der Waals surface area contributed by atoms with Crippen molar-refractivity contribution in [3.05, 3.63) is 58.0 Å². The molecule has 0 fully saturated rings. The number of halogens is 1. The lowest BCUT2D eigenvalue weighted by molar-refractivity contribution is 0.610. The molecular weight excluding hydrogens is 259 g/mol. The zero-order chi connectivity index (χ0) is 14.3. The van der Waals surface area contributed by atoms with Crippen LogP contribution in [0.2, 0.25) is 0 Å². The number of nitrogens with one attached hydrogen (secondary N) is 1. The molecule has 5 heteroatoms. The number of nitrogens with zero attached hydrogens (tertiary/aromatic N) is 1. The molecule has 0 atom stereocenters. The number of aromatic nitrogens is 1. The summed E-state index contributed by atoms with van der Waals surface area (Å²) in [4.78, 5) is 14.4. The van der Waals surface area contributed by atoms with Crippen molar-refractivity contribution >= 4 is 11.0 Å². The van der Waals surface area contributed by atoms with Gasteiger partial charge < -0.3 is 9.40 Å². The van der Waals surface area contributed by atoms with E-state index in [-0.39, 0.29) is 16.7 Å². The van der Waals surface area contributed by atoms with Gasteiger partial charge >= 0.3 is 0 Å². The third-order valence-corrected chi connectivity index (χ3v) is 3.13. The molecule has 4 nitrogen and oxygen atoms in total. The molecule has 2 heterocycles. The van der Waals surface area contributed by atoms with E-state index in [0.29, 0.717) is 16.7 Å². The van der Waals surface area contributed by atoms with E-state index in [9.17, 15) is 9.18 Å². The highest BCUT2D eigenvalue weighted by molar-refractivity contribution is 5.95. The number of aryl methyl sites for hydroxylation is 1. The number of fused-ring (bicyclic) bond motifs is 1. The summed E-state index contributed by atoms with van der Waals surface area (Å²) in [6.45, 7) is 1.68. The van der Waals surface area contributed by atoms with Crippen LogP contribution in [0.5, 0.6) is 0 Å². The summed E-state index contributed by atoms with van der Waals surface area (Å²) in [6.07, 6.45) is 1.44.